The fraction of sp³-hybridized carbons (Fsp3) is 0.625. The third-order valence-corrected chi connectivity index (χ3v) is 2.06. The van der Waals surface area contributed by atoms with Crippen LogP contribution >= 0.6 is 0 Å². The zero-order chi connectivity index (χ0) is 8.55. The molecule has 2 rings (SSSR count). The number of ether oxygens (including phenoxy) is 1. The fourth-order valence-corrected chi connectivity index (χ4v) is 1.23. The molecule has 1 atom stereocenters. The van der Waals surface area contributed by atoms with Crippen LogP contribution in [0.5, 0.6) is 0 Å². The SMILES string of the molecule is CCn1ccn(C[C@@H]2CO2)c1=O. The van der Waals surface area contributed by atoms with Gasteiger partial charge in [0.25, 0.3) is 0 Å². The van der Waals surface area contributed by atoms with Gasteiger partial charge in [0.1, 0.15) is 0 Å². The molecular weight excluding hydrogens is 156 g/mol. The second-order valence-corrected chi connectivity index (χ2v) is 2.97. The third-order valence-electron chi connectivity index (χ3n) is 2.06. The van der Waals surface area contributed by atoms with Gasteiger partial charge in [-0.1, -0.05) is 0 Å². The quantitative estimate of drug-likeness (QED) is 0.599. The Kier molecular flexibility index (Phi) is 1.77. The molecule has 0 aliphatic carbocycles. The lowest BCUT2D eigenvalue weighted by Gasteiger charge is -1.95. The van der Waals surface area contributed by atoms with Crippen molar-refractivity contribution >= 4 is 0 Å². The molecule has 4 heteroatoms. The molecule has 0 amide bonds. The van der Waals surface area contributed by atoms with Crippen molar-refractivity contribution in [3.63, 3.8) is 0 Å². The van der Waals surface area contributed by atoms with Crippen molar-refractivity contribution in [3.8, 4) is 0 Å². The summed E-state index contributed by atoms with van der Waals surface area (Å²) in [4.78, 5) is 11.4. The number of epoxide rings is 1. The molecule has 1 aliphatic rings. The van der Waals surface area contributed by atoms with E-state index in [1.54, 1.807) is 9.13 Å². The van der Waals surface area contributed by atoms with Crippen LogP contribution in [0.3, 0.4) is 0 Å². The average molecular weight is 168 g/mol. The van der Waals surface area contributed by atoms with Crippen molar-refractivity contribution < 1.29 is 4.74 Å². The molecule has 66 valence electrons. The fourth-order valence-electron chi connectivity index (χ4n) is 1.23. The lowest BCUT2D eigenvalue weighted by molar-refractivity contribution is 0.379. The molecular formula is C8H12N2O2. The van der Waals surface area contributed by atoms with Crippen LogP contribution in [-0.2, 0) is 17.8 Å². The smallest absolute Gasteiger partial charge is 0.328 e. The lowest BCUT2D eigenvalue weighted by Crippen LogP contribution is -2.24. The highest BCUT2D eigenvalue weighted by Crippen LogP contribution is 2.09. The van der Waals surface area contributed by atoms with E-state index in [2.05, 4.69) is 0 Å². The van der Waals surface area contributed by atoms with Crippen molar-refractivity contribution in [3.05, 3.63) is 22.9 Å². The molecule has 0 saturated carbocycles. The van der Waals surface area contributed by atoms with E-state index in [9.17, 15) is 4.79 Å². The number of rotatable bonds is 3. The molecule has 1 aromatic rings. The lowest BCUT2D eigenvalue weighted by atomic mass is 10.5. The molecule has 0 N–H and O–H groups in total. The highest BCUT2D eigenvalue weighted by Gasteiger charge is 2.23. The van der Waals surface area contributed by atoms with Crippen molar-refractivity contribution in [1.82, 2.24) is 9.13 Å². The monoisotopic (exact) mass is 168 g/mol. The normalized spacial score (nSPS) is 21.2. The van der Waals surface area contributed by atoms with Gasteiger partial charge in [0.05, 0.1) is 19.3 Å². The zero-order valence-electron chi connectivity index (χ0n) is 7.06. The van der Waals surface area contributed by atoms with E-state index in [-0.39, 0.29) is 11.8 Å². The Morgan fingerprint density at radius 3 is 2.75 bits per heavy atom. The number of nitrogens with zero attached hydrogens (tertiary/aromatic N) is 2. The zero-order valence-corrected chi connectivity index (χ0v) is 7.06. The summed E-state index contributed by atoms with van der Waals surface area (Å²) in [5.74, 6) is 0. The molecule has 1 aliphatic heterocycles. The molecule has 0 bridgehead atoms. The standard InChI is InChI=1S/C8H12N2O2/c1-2-9-3-4-10(8(9)11)5-7-6-12-7/h3-4,7H,2,5-6H2,1H3/t7-/m1/s1. The first-order chi connectivity index (χ1) is 5.81. The number of aryl methyl sites for hydroxylation is 1. The minimum Gasteiger partial charge on any atom is -0.371 e. The summed E-state index contributed by atoms with van der Waals surface area (Å²) in [5, 5.41) is 0. The topological polar surface area (TPSA) is 39.5 Å². The Balaban J connectivity index is 2.19. The van der Waals surface area contributed by atoms with E-state index in [4.69, 9.17) is 4.74 Å². The molecule has 1 fully saturated rings. The summed E-state index contributed by atoms with van der Waals surface area (Å²) in [6, 6.07) is 0. The Morgan fingerprint density at radius 1 is 1.58 bits per heavy atom. The molecule has 1 aromatic heterocycles. The van der Waals surface area contributed by atoms with Crippen LogP contribution in [0.1, 0.15) is 6.92 Å². The van der Waals surface area contributed by atoms with Crippen molar-refractivity contribution in [2.24, 2.45) is 0 Å². The van der Waals surface area contributed by atoms with Crippen molar-refractivity contribution in [2.75, 3.05) is 6.61 Å². The van der Waals surface area contributed by atoms with Crippen LogP contribution in [0, 0.1) is 0 Å². The summed E-state index contributed by atoms with van der Waals surface area (Å²) in [6.45, 7) is 4.19. The van der Waals surface area contributed by atoms with Gasteiger partial charge in [0, 0.05) is 18.9 Å². The summed E-state index contributed by atoms with van der Waals surface area (Å²) in [6.07, 6.45) is 3.90. The summed E-state index contributed by atoms with van der Waals surface area (Å²) < 4.78 is 8.42. The first-order valence-corrected chi connectivity index (χ1v) is 4.18. The van der Waals surface area contributed by atoms with Crippen molar-refractivity contribution in [1.29, 1.82) is 0 Å². The summed E-state index contributed by atoms with van der Waals surface area (Å²) in [5.41, 5.74) is 0.0630. The number of hydrogen-bond donors (Lipinski definition) is 0. The van der Waals surface area contributed by atoms with Gasteiger partial charge in [-0.15, -0.1) is 0 Å². The first-order valence-electron chi connectivity index (χ1n) is 4.18. The van der Waals surface area contributed by atoms with Gasteiger partial charge in [-0.2, -0.15) is 0 Å². The average Bonchev–Trinajstić information content (AvgIpc) is 2.80. The highest BCUT2D eigenvalue weighted by atomic mass is 16.6. The van der Waals surface area contributed by atoms with Crippen LogP contribution < -0.4 is 5.69 Å². The van der Waals surface area contributed by atoms with E-state index < -0.39 is 0 Å². The predicted octanol–water partition coefficient (Wildman–Crippen LogP) is 0.0685. The van der Waals surface area contributed by atoms with E-state index in [1.807, 2.05) is 19.3 Å². The Bertz CT molecular complexity index is 322. The third kappa shape index (κ3) is 1.30. The van der Waals surface area contributed by atoms with Gasteiger partial charge < -0.3 is 4.74 Å². The van der Waals surface area contributed by atoms with Crippen LogP contribution in [0.4, 0.5) is 0 Å². The molecule has 1 saturated heterocycles. The van der Waals surface area contributed by atoms with Gasteiger partial charge in [0.2, 0.25) is 0 Å². The van der Waals surface area contributed by atoms with E-state index in [0.29, 0.717) is 6.54 Å². The maximum Gasteiger partial charge on any atom is 0.328 e. The van der Waals surface area contributed by atoms with Crippen LogP contribution in [0.25, 0.3) is 0 Å². The largest absolute Gasteiger partial charge is 0.371 e. The minimum atomic E-state index is 0.0630. The molecule has 12 heavy (non-hydrogen) atoms. The van der Waals surface area contributed by atoms with Gasteiger partial charge in [-0.25, -0.2) is 4.79 Å². The molecule has 0 aromatic carbocycles. The first kappa shape index (κ1) is 7.61. The maximum atomic E-state index is 11.4. The van der Waals surface area contributed by atoms with Crippen LogP contribution in [0.15, 0.2) is 17.2 Å². The van der Waals surface area contributed by atoms with Crippen LogP contribution in [0.2, 0.25) is 0 Å². The highest BCUT2D eigenvalue weighted by molar-refractivity contribution is 4.83. The summed E-state index contributed by atoms with van der Waals surface area (Å²) in [7, 11) is 0. The number of imidazole rings is 1. The Hall–Kier alpha value is -1.03. The molecule has 0 spiro atoms. The summed E-state index contributed by atoms with van der Waals surface area (Å²) >= 11 is 0. The molecule has 2 heterocycles. The van der Waals surface area contributed by atoms with E-state index >= 15 is 0 Å². The van der Waals surface area contributed by atoms with Gasteiger partial charge in [0.15, 0.2) is 0 Å². The number of aromatic nitrogens is 2. The van der Waals surface area contributed by atoms with E-state index in [1.165, 1.54) is 0 Å². The molecule has 0 unspecified atom stereocenters. The van der Waals surface area contributed by atoms with Gasteiger partial charge >= 0.3 is 5.69 Å². The predicted molar refractivity (Wildman–Crippen MR) is 44.1 cm³/mol. The van der Waals surface area contributed by atoms with Gasteiger partial charge in [-0.3, -0.25) is 9.13 Å². The van der Waals surface area contributed by atoms with Crippen molar-refractivity contribution in [2.45, 2.75) is 26.1 Å². The minimum absolute atomic E-state index is 0.0630. The van der Waals surface area contributed by atoms with Gasteiger partial charge in [-0.05, 0) is 6.92 Å². The Labute approximate surface area is 70.4 Å². The van der Waals surface area contributed by atoms with E-state index in [0.717, 1.165) is 13.2 Å². The molecule has 0 radical (unpaired) electrons. The Morgan fingerprint density at radius 2 is 2.25 bits per heavy atom. The van der Waals surface area contributed by atoms with Crippen LogP contribution in [-0.4, -0.2) is 21.8 Å². The maximum absolute atomic E-state index is 11.4. The second kappa shape index (κ2) is 2.79. The number of hydrogen-bond acceptors (Lipinski definition) is 2. The molecule has 4 nitrogen and oxygen atoms in total. The second-order valence-electron chi connectivity index (χ2n) is 2.97.